The molecule has 0 radical (unpaired) electrons. The number of carbonyl (C=O) groups is 1. The largest absolute Gasteiger partial charge is 0.497 e. The number of benzene rings is 1. The van der Waals surface area contributed by atoms with E-state index in [4.69, 9.17) is 9.47 Å². The predicted molar refractivity (Wildman–Crippen MR) is 77.1 cm³/mol. The molecule has 0 aliphatic carbocycles. The Balaban J connectivity index is 1.76. The zero-order valence-electron chi connectivity index (χ0n) is 12.0. The summed E-state index contributed by atoms with van der Waals surface area (Å²) < 4.78 is 10.9. The lowest BCUT2D eigenvalue weighted by Crippen LogP contribution is -2.38. The Morgan fingerprint density at radius 3 is 3.00 bits per heavy atom. The highest BCUT2D eigenvalue weighted by atomic mass is 16.5. The Labute approximate surface area is 119 Å². The molecule has 1 amide bonds. The van der Waals surface area contributed by atoms with Crippen molar-refractivity contribution in [3.8, 4) is 11.5 Å². The molecule has 1 heterocycles. The maximum atomic E-state index is 11.9. The van der Waals surface area contributed by atoms with Gasteiger partial charge in [-0.15, -0.1) is 0 Å². The van der Waals surface area contributed by atoms with Gasteiger partial charge in [0.15, 0.2) is 0 Å². The van der Waals surface area contributed by atoms with Crippen LogP contribution in [0.5, 0.6) is 11.5 Å². The van der Waals surface area contributed by atoms with Crippen LogP contribution in [0.1, 0.15) is 13.3 Å². The van der Waals surface area contributed by atoms with Crippen molar-refractivity contribution in [1.82, 2.24) is 10.6 Å². The van der Waals surface area contributed by atoms with Crippen molar-refractivity contribution in [3.63, 3.8) is 0 Å². The fraction of sp³-hybridized carbons (Fsp3) is 0.533. The molecule has 2 N–H and O–H groups in total. The van der Waals surface area contributed by atoms with Crippen LogP contribution < -0.4 is 20.1 Å². The van der Waals surface area contributed by atoms with Crippen molar-refractivity contribution in [2.75, 3.05) is 26.7 Å². The quantitative estimate of drug-likeness (QED) is 0.820. The Kier molecular flexibility index (Phi) is 5.24. The van der Waals surface area contributed by atoms with Crippen molar-refractivity contribution in [2.24, 2.45) is 5.92 Å². The van der Waals surface area contributed by atoms with E-state index >= 15 is 0 Å². The van der Waals surface area contributed by atoms with E-state index in [1.165, 1.54) is 0 Å². The zero-order chi connectivity index (χ0) is 14.4. The number of hydrogen-bond donors (Lipinski definition) is 2. The van der Waals surface area contributed by atoms with Crippen LogP contribution in [0, 0.1) is 5.92 Å². The van der Waals surface area contributed by atoms with E-state index in [1.807, 2.05) is 31.2 Å². The van der Waals surface area contributed by atoms with Crippen molar-refractivity contribution < 1.29 is 14.3 Å². The molecule has 1 fully saturated rings. The van der Waals surface area contributed by atoms with Gasteiger partial charge in [0.1, 0.15) is 17.6 Å². The minimum Gasteiger partial charge on any atom is -0.497 e. The van der Waals surface area contributed by atoms with Crippen LogP contribution in [0.2, 0.25) is 0 Å². The molecule has 2 atom stereocenters. The molecule has 0 aromatic heterocycles. The summed E-state index contributed by atoms with van der Waals surface area (Å²) in [6.07, 6.45) is 0.831. The molecule has 5 heteroatoms. The first-order valence-electron chi connectivity index (χ1n) is 6.98. The third kappa shape index (κ3) is 4.13. The average Bonchev–Trinajstić information content (AvgIpc) is 2.99. The minimum absolute atomic E-state index is 0.0829. The van der Waals surface area contributed by atoms with E-state index in [-0.39, 0.29) is 17.9 Å². The van der Waals surface area contributed by atoms with Crippen LogP contribution in [-0.2, 0) is 4.79 Å². The van der Waals surface area contributed by atoms with Crippen molar-refractivity contribution >= 4 is 5.91 Å². The summed E-state index contributed by atoms with van der Waals surface area (Å²) >= 11 is 0. The Bertz CT molecular complexity index is 444. The lowest BCUT2D eigenvalue weighted by atomic mass is 10.1. The first kappa shape index (κ1) is 14.7. The smallest absolute Gasteiger partial charge is 0.224 e. The molecule has 110 valence electrons. The number of rotatable bonds is 6. The molecular weight excluding hydrogens is 256 g/mol. The standard InChI is InChI=1S/C15H22N2O3/c1-11(9-17-15(18)12-6-7-16-10-12)20-14-5-3-4-13(8-14)19-2/h3-5,8,11-12,16H,6-7,9-10H2,1-2H3,(H,17,18). The third-order valence-electron chi connectivity index (χ3n) is 3.37. The van der Waals surface area contributed by atoms with Crippen LogP contribution in [-0.4, -0.2) is 38.8 Å². The van der Waals surface area contributed by atoms with E-state index in [1.54, 1.807) is 7.11 Å². The van der Waals surface area contributed by atoms with E-state index in [0.717, 1.165) is 31.0 Å². The van der Waals surface area contributed by atoms with Crippen molar-refractivity contribution in [2.45, 2.75) is 19.4 Å². The van der Waals surface area contributed by atoms with Gasteiger partial charge in [-0.25, -0.2) is 0 Å². The van der Waals surface area contributed by atoms with Crippen molar-refractivity contribution in [3.05, 3.63) is 24.3 Å². The summed E-state index contributed by atoms with van der Waals surface area (Å²) in [4.78, 5) is 11.9. The maximum Gasteiger partial charge on any atom is 0.224 e. The summed E-state index contributed by atoms with van der Waals surface area (Å²) in [7, 11) is 1.62. The SMILES string of the molecule is COc1cccc(OC(C)CNC(=O)C2CCNC2)c1. The van der Waals surface area contributed by atoms with E-state index in [9.17, 15) is 4.79 Å². The lowest BCUT2D eigenvalue weighted by molar-refractivity contribution is -0.124. The van der Waals surface area contributed by atoms with E-state index in [2.05, 4.69) is 10.6 Å². The van der Waals surface area contributed by atoms with Gasteiger partial charge in [0, 0.05) is 12.6 Å². The zero-order valence-corrected chi connectivity index (χ0v) is 12.0. The van der Waals surface area contributed by atoms with Gasteiger partial charge in [0.2, 0.25) is 5.91 Å². The predicted octanol–water partition coefficient (Wildman–Crippen LogP) is 1.19. The van der Waals surface area contributed by atoms with Crippen LogP contribution in [0.3, 0.4) is 0 Å². The highest BCUT2D eigenvalue weighted by Gasteiger charge is 2.22. The molecule has 1 saturated heterocycles. The second-order valence-corrected chi connectivity index (χ2v) is 5.04. The normalized spacial score (nSPS) is 19.4. The summed E-state index contributed by atoms with van der Waals surface area (Å²) in [5.74, 6) is 1.71. The number of amides is 1. The molecule has 0 spiro atoms. The summed E-state index contributed by atoms with van der Waals surface area (Å²) in [6, 6.07) is 7.46. The first-order chi connectivity index (χ1) is 9.69. The fourth-order valence-corrected chi connectivity index (χ4v) is 2.22. The molecular formula is C15H22N2O3. The Morgan fingerprint density at radius 2 is 2.30 bits per heavy atom. The second kappa shape index (κ2) is 7.14. The highest BCUT2D eigenvalue weighted by molar-refractivity contribution is 5.79. The molecule has 2 rings (SSSR count). The highest BCUT2D eigenvalue weighted by Crippen LogP contribution is 2.19. The number of ether oxygens (including phenoxy) is 2. The summed E-state index contributed by atoms with van der Waals surface area (Å²) in [5, 5.41) is 6.13. The topological polar surface area (TPSA) is 59.6 Å². The third-order valence-corrected chi connectivity index (χ3v) is 3.37. The summed E-state index contributed by atoms with van der Waals surface area (Å²) in [6.45, 7) is 4.14. The molecule has 1 aromatic rings. The van der Waals surface area contributed by atoms with Gasteiger partial charge in [0.25, 0.3) is 0 Å². The monoisotopic (exact) mass is 278 g/mol. The van der Waals surface area contributed by atoms with Crippen LogP contribution in [0.25, 0.3) is 0 Å². The molecule has 1 aliphatic rings. The van der Waals surface area contributed by atoms with Gasteiger partial charge in [-0.1, -0.05) is 6.07 Å². The van der Waals surface area contributed by atoms with Gasteiger partial charge in [0.05, 0.1) is 19.6 Å². The molecule has 2 unspecified atom stereocenters. The Hall–Kier alpha value is -1.75. The Morgan fingerprint density at radius 1 is 1.50 bits per heavy atom. The minimum atomic E-state index is -0.0829. The van der Waals surface area contributed by atoms with E-state index in [0.29, 0.717) is 6.54 Å². The molecule has 0 bridgehead atoms. The van der Waals surface area contributed by atoms with Crippen LogP contribution >= 0.6 is 0 Å². The number of nitrogens with one attached hydrogen (secondary N) is 2. The van der Waals surface area contributed by atoms with Crippen LogP contribution in [0.4, 0.5) is 0 Å². The van der Waals surface area contributed by atoms with Crippen molar-refractivity contribution in [1.29, 1.82) is 0 Å². The molecule has 0 saturated carbocycles. The van der Waals surface area contributed by atoms with Gasteiger partial charge >= 0.3 is 0 Å². The molecule has 1 aliphatic heterocycles. The number of carbonyl (C=O) groups excluding carboxylic acids is 1. The number of hydrogen-bond acceptors (Lipinski definition) is 4. The number of methoxy groups -OCH3 is 1. The van der Waals surface area contributed by atoms with Gasteiger partial charge < -0.3 is 20.1 Å². The van der Waals surface area contributed by atoms with Gasteiger partial charge in [-0.2, -0.15) is 0 Å². The second-order valence-electron chi connectivity index (χ2n) is 5.04. The van der Waals surface area contributed by atoms with Gasteiger partial charge in [-0.05, 0) is 32.0 Å². The summed E-state index contributed by atoms with van der Waals surface area (Å²) in [5.41, 5.74) is 0. The lowest BCUT2D eigenvalue weighted by Gasteiger charge is -2.17. The maximum absolute atomic E-state index is 11.9. The van der Waals surface area contributed by atoms with E-state index < -0.39 is 0 Å². The molecule has 5 nitrogen and oxygen atoms in total. The fourth-order valence-electron chi connectivity index (χ4n) is 2.22. The van der Waals surface area contributed by atoms with Crippen LogP contribution in [0.15, 0.2) is 24.3 Å². The molecule has 1 aromatic carbocycles. The molecule has 20 heavy (non-hydrogen) atoms. The first-order valence-corrected chi connectivity index (χ1v) is 6.98. The average molecular weight is 278 g/mol. The van der Waals surface area contributed by atoms with Gasteiger partial charge in [-0.3, -0.25) is 4.79 Å².